The number of nitrogens with zero attached hydrogens (tertiary/aromatic N) is 1. The van der Waals surface area contributed by atoms with E-state index in [-0.39, 0.29) is 0 Å². The lowest BCUT2D eigenvalue weighted by atomic mass is 10.0. The zero-order valence-corrected chi connectivity index (χ0v) is 16.9. The Hall–Kier alpha value is -2.67. The van der Waals surface area contributed by atoms with Gasteiger partial charge in [0.2, 0.25) is 10.0 Å². The van der Waals surface area contributed by atoms with Crippen molar-refractivity contribution in [2.45, 2.75) is 11.4 Å². The number of hydrogen-bond donors (Lipinski definition) is 1. The van der Waals surface area contributed by atoms with Gasteiger partial charge < -0.3 is 10.1 Å². The van der Waals surface area contributed by atoms with E-state index in [1.54, 1.807) is 12.1 Å². The summed E-state index contributed by atoms with van der Waals surface area (Å²) in [6.07, 6.45) is 0. The highest BCUT2D eigenvalue weighted by atomic mass is 32.2. The van der Waals surface area contributed by atoms with Crippen LogP contribution in [0.2, 0.25) is 0 Å². The third-order valence-electron chi connectivity index (χ3n) is 5.02. The summed E-state index contributed by atoms with van der Waals surface area (Å²) in [6, 6.07) is 25.7. The molecule has 29 heavy (non-hydrogen) atoms. The second kappa shape index (κ2) is 8.78. The van der Waals surface area contributed by atoms with E-state index < -0.39 is 10.0 Å². The molecule has 3 aromatic rings. The van der Waals surface area contributed by atoms with E-state index >= 15 is 0 Å². The summed E-state index contributed by atoms with van der Waals surface area (Å²) in [4.78, 5) is 0.317. The maximum atomic E-state index is 12.7. The summed E-state index contributed by atoms with van der Waals surface area (Å²) in [5.74, 6) is 0. The molecule has 1 heterocycles. The highest BCUT2D eigenvalue weighted by molar-refractivity contribution is 7.89. The van der Waals surface area contributed by atoms with Crippen LogP contribution in [0.1, 0.15) is 5.56 Å². The predicted octanol–water partition coefficient (Wildman–Crippen LogP) is 3.99. The zero-order valence-electron chi connectivity index (χ0n) is 16.1. The maximum Gasteiger partial charge on any atom is 0.243 e. The molecule has 1 saturated heterocycles. The summed E-state index contributed by atoms with van der Waals surface area (Å²) in [5, 5.41) is 3.35. The number of ether oxygens (including phenoxy) is 1. The van der Waals surface area contributed by atoms with Gasteiger partial charge in [0.1, 0.15) is 0 Å². The monoisotopic (exact) mass is 408 g/mol. The molecule has 0 amide bonds. The minimum absolute atomic E-state index is 0.317. The molecule has 3 aromatic carbocycles. The molecule has 1 fully saturated rings. The van der Waals surface area contributed by atoms with Crippen LogP contribution in [0.4, 0.5) is 5.69 Å². The number of benzene rings is 3. The molecule has 1 N–H and O–H groups in total. The number of anilines is 1. The highest BCUT2D eigenvalue weighted by Crippen LogP contribution is 2.21. The summed E-state index contributed by atoms with van der Waals surface area (Å²) < 4.78 is 32.1. The van der Waals surface area contributed by atoms with Crippen LogP contribution in [-0.4, -0.2) is 39.0 Å². The lowest BCUT2D eigenvalue weighted by Gasteiger charge is -2.26. The quantitative estimate of drug-likeness (QED) is 0.670. The Bertz CT molecular complexity index is 1030. The second-order valence-corrected chi connectivity index (χ2v) is 8.90. The van der Waals surface area contributed by atoms with Crippen molar-refractivity contribution >= 4 is 15.7 Å². The highest BCUT2D eigenvalue weighted by Gasteiger charge is 2.25. The van der Waals surface area contributed by atoms with Crippen LogP contribution >= 0.6 is 0 Å². The molecule has 1 aliphatic rings. The van der Waals surface area contributed by atoms with E-state index in [2.05, 4.69) is 41.7 Å². The van der Waals surface area contributed by atoms with Crippen molar-refractivity contribution in [3.63, 3.8) is 0 Å². The summed E-state index contributed by atoms with van der Waals surface area (Å²) in [5.41, 5.74) is 4.43. The van der Waals surface area contributed by atoms with E-state index in [9.17, 15) is 8.42 Å². The molecular weight excluding hydrogens is 384 g/mol. The van der Waals surface area contributed by atoms with E-state index in [0.29, 0.717) is 37.7 Å². The fraction of sp³-hybridized carbons (Fsp3) is 0.217. The van der Waals surface area contributed by atoms with Gasteiger partial charge in [-0.3, -0.25) is 0 Å². The van der Waals surface area contributed by atoms with E-state index in [0.717, 1.165) is 11.3 Å². The van der Waals surface area contributed by atoms with E-state index in [4.69, 9.17) is 4.74 Å². The van der Waals surface area contributed by atoms with E-state index in [1.165, 1.54) is 15.4 Å². The van der Waals surface area contributed by atoms with Crippen molar-refractivity contribution < 1.29 is 13.2 Å². The largest absolute Gasteiger partial charge is 0.381 e. The summed E-state index contributed by atoms with van der Waals surface area (Å²) in [7, 11) is -3.45. The van der Waals surface area contributed by atoms with Crippen LogP contribution in [0.5, 0.6) is 0 Å². The van der Waals surface area contributed by atoms with E-state index in [1.807, 2.05) is 30.3 Å². The molecule has 0 saturated carbocycles. The lowest BCUT2D eigenvalue weighted by molar-refractivity contribution is 0.0730. The van der Waals surface area contributed by atoms with Gasteiger partial charge in [-0.1, -0.05) is 54.6 Å². The van der Waals surface area contributed by atoms with Gasteiger partial charge in [-0.05, 0) is 41.0 Å². The van der Waals surface area contributed by atoms with Gasteiger partial charge in [0.15, 0.2) is 0 Å². The number of sulfonamides is 1. The standard InChI is InChI=1S/C23H24N2O3S/c26-29(27,25-14-16-28-17-15-25)23-12-10-22(11-13-23)24-18-19-6-8-21(9-7-19)20-4-2-1-3-5-20/h1-13,24H,14-18H2. The Balaban J connectivity index is 1.38. The Morgan fingerprint density at radius 1 is 0.793 bits per heavy atom. The maximum absolute atomic E-state index is 12.7. The Morgan fingerprint density at radius 3 is 2.07 bits per heavy atom. The zero-order chi connectivity index (χ0) is 20.1. The van der Waals surface area contributed by atoms with Crippen LogP contribution in [0.25, 0.3) is 11.1 Å². The smallest absolute Gasteiger partial charge is 0.243 e. The number of hydrogen-bond acceptors (Lipinski definition) is 4. The minimum Gasteiger partial charge on any atom is -0.381 e. The molecule has 0 aromatic heterocycles. The first-order valence-corrected chi connectivity index (χ1v) is 11.1. The fourth-order valence-electron chi connectivity index (χ4n) is 3.33. The molecule has 150 valence electrons. The number of rotatable bonds is 6. The summed E-state index contributed by atoms with van der Waals surface area (Å²) in [6.45, 7) is 2.37. The average Bonchev–Trinajstić information content (AvgIpc) is 2.79. The Kier molecular flexibility index (Phi) is 5.94. The molecule has 0 aliphatic carbocycles. The molecule has 4 rings (SSSR count). The molecule has 0 radical (unpaired) electrons. The normalized spacial score (nSPS) is 15.2. The number of nitrogens with one attached hydrogen (secondary N) is 1. The molecular formula is C23H24N2O3S. The third-order valence-corrected chi connectivity index (χ3v) is 6.93. The fourth-order valence-corrected chi connectivity index (χ4v) is 4.74. The van der Waals surface area contributed by atoms with Gasteiger partial charge in [-0.25, -0.2) is 8.42 Å². The van der Waals surface area contributed by atoms with Crippen LogP contribution < -0.4 is 5.32 Å². The van der Waals surface area contributed by atoms with Gasteiger partial charge >= 0.3 is 0 Å². The average molecular weight is 409 g/mol. The Labute approximate surface area is 172 Å². The van der Waals surface area contributed by atoms with Crippen molar-refractivity contribution in [3.05, 3.63) is 84.4 Å². The second-order valence-electron chi connectivity index (χ2n) is 6.96. The van der Waals surface area contributed by atoms with Gasteiger partial charge in [0.25, 0.3) is 0 Å². The third kappa shape index (κ3) is 4.67. The molecule has 5 nitrogen and oxygen atoms in total. The van der Waals surface area contributed by atoms with Gasteiger partial charge in [0.05, 0.1) is 18.1 Å². The molecule has 1 aliphatic heterocycles. The van der Waals surface area contributed by atoms with Crippen molar-refractivity contribution in [3.8, 4) is 11.1 Å². The van der Waals surface area contributed by atoms with Crippen molar-refractivity contribution in [2.75, 3.05) is 31.6 Å². The van der Waals surface area contributed by atoms with Crippen LogP contribution in [0.3, 0.4) is 0 Å². The SMILES string of the molecule is O=S(=O)(c1ccc(NCc2ccc(-c3ccccc3)cc2)cc1)N1CCOCC1. The topological polar surface area (TPSA) is 58.6 Å². The van der Waals surface area contributed by atoms with Crippen LogP contribution in [-0.2, 0) is 21.3 Å². The lowest BCUT2D eigenvalue weighted by Crippen LogP contribution is -2.40. The van der Waals surface area contributed by atoms with Crippen molar-refractivity contribution in [1.29, 1.82) is 0 Å². The molecule has 0 atom stereocenters. The molecule has 0 bridgehead atoms. The first-order chi connectivity index (χ1) is 14.1. The van der Waals surface area contributed by atoms with Crippen molar-refractivity contribution in [1.82, 2.24) is 4.31 Å². The van der Waals surface area contributed by atoms with Crippen molar-refractivity contribution in [2.24, 2.45) is 0 Å². The number of morpholine rings is 1. The summed E-state index contributed by atoms with van der Waals surface area (Å²) >= 11 is 0. The molecule has 0 spiro atoms. The van der Waals surface area contributed by atoms with Crippen LogP contribution in [0, 0.1) is 0 Å². The Morgan fingerprint density at radius 2 is 1.41 bits per heavy atom. The van der Waals surface area contributed by atoms with Crippen LogP contribution in [0.15, 0.2) is 83.8 Å². The van der Waals surface area contributed by atoms with Gasteiger partial charge in [-0.2, -0.15) is 4.31 Å². The van der Waals surface area contributed by atoms with Gasteiger partial charge in [0, 0.05) is 25.3 Å². The molecule has 6 heteroatoms. The first-order valence-electron chi connectivity index (χ1n) is 9.69. The molecule has 0 unspecified atom stereocenters. The predicted molar refractivity (Wildman–Crippen MR) is 115 cm³/mol. The first kappa shape index (κ1) is 19.6. The van der Waals surface area contributed by atoms with Gasteiger partial charge in [-0.15, -0.1) is 0 Å². The minimum atomic E-state index is -3.45.